The van der Waals surface area contributed by atoms with Gasteiger partial charge in [0.05, 0.1) is 5.92 Å². The van der Waals surface area contributed by atoms with Gasteiger partial charge in [0.15, 0.2) is 0 Å². The fourth-order valence-electron chi connectivity index (χ4n) is 5.00. The van der Waals surface area contributed by atoms with Crippen LogP contribution in [-0.4, -0.2) is 59.1 Å². The van der Waals surface area contributed by atoms with Crippen molar-refractivity contribution >= 4 is 5.91 Å². The van der Waals surface area contributed by atoms with Crippen molar-refractivity contribution in [1.29, 1.82) is 0 Å². The second-order valence-electron chi connectivity index (χ2n) is 9.15. The van der Waals surface area contributed by atoms with E-state index < -0.39 is 0 Å². The smallest absolute Gasteiger partial charge is 0.232 e. The molecule has 1 aromatic carbocycles. The van der Waals surface area contributed by atoms with Gasteiger partial charge in [-0.3, -0.25) is 4.79 Å². The topological polar surface area (TPSA) is 62.5 Å². The summed E-state index contributed by atoms with van der Waals surface area (Å²) in [6, 6.07) is 8.17. The van der Waals surface area contributed by atoms with E-state index in [0.29, 0.717) is 36.5 Å². The number of carbonyl (C=O) groups excluding carboxylic acids is 1. The molecule has 2 atom stereocenters. The standard InChI is InChI=1S/C22H28N4O2/c1-15-4-3-5-17(10-15)20-23-21(28-24-20)18-12-26(19(27)11-16-6-7-16)14-22(18)8-9-25(2)13-22/h3-5,10,16,18H,6-9,11-14H2,1-2H3/t18-,22-/m0/s1. The van der Waals surface area contributed by atoms with Crippen LogP contribution >= 0.6 is 0 Å². The second-order valence-corrected chi connectivity index (χ2v) is 9.15. The zero-order valence-electron chi connectivity index (χ0n) is 16.7. The third kappa shape index (κ3) is 3.24. The van der Waals surface area contributed by atoms with Crippen molar-refractivity contribution in [1.82, 2.24) is 19.9 Å². The SMILES string of the molecule is Cc1cccc(-c2noc([C@@H]3CN(C(=O)CC4CC4)C[C@@]34CCN(C)C4)n2)c1. The molecule has 0 radical (unpaired) electrons. The Morgan fingerprint density at radius 3 is 2.89 bits per heavy atom. The molecule has 0 bridgehead atoms. The molecule has 1 spiro atoms. The van der Waals surface area contributed by atoms with Gasteiger partial charge in [0.1, 0.15) is 0 Å². The molecule has 2 saturated heterocycles. The monoisotopic (exact) mass is 380 g/mol. The second kappa shape index (κ2) is 6.69. The lowest BCUT2D eigenvalue weighted by atomic mass is 9.77. The van der Waals surface area contributed by atoms with Gasteiger partial charge in [-0.05, 0) is 51.8 Å². The van der Waals surface area contributed by atoms with Crippen molar-refractivity contribution in [3.8, 4) is 11.4 Å². The molecular formula is C22H28N4O2. The summed E-state index contributed by atoms with van der Waals surface area (Å²) in [5, 5.41) is 4.27. The molecule has 1 saturated carbocycles. The van der Waals surface area contributed by atoms with Crippen LogP contribution in [-0.2, 0) is 4.79 Å². The van der Waals surface area contributed by atoms with Gasteiger partial charge in [0.25, 0.3) is 0 Å². The number of aryl methyl sites for hydroxylation is 1. The van der Waals surface area contributed by atoms with Gasteiger partial charge < -0.3 is 14.3 Å². The number of nitrogens with zero attached hydrogens (tertiary/aromatic N) is 4. The lowest BCUT2D eigenvalue weighted by molar-refractivity contribution is -0.130. The van der Waals surface area contributed by atoms with Gasteiger partial charge in [-0.1, -0.05) is 28.9 Å². The summed E-state index contributed by atoms with van der Waals surface area (Å²) < 4.78 is 5.77. The maximum absolute atomic E-state index is 12.8. The van der Waals surface area contributed by atoms with E-state index in [4.69, 9.17) is 9.51 Å². The number of likely N-dealkylation sites (tertiary alicyclic amines) is 2. The van der Waals surface area contributed by atoms with Crippen LogP contribution < -0.4 is 0 Å². The third-order valence-electron chi connectivity index (χ3n) is 6.75. The summed E-state index contributed by atoms with van der Waals surface area (Å²) in [5.41, 5.74) is 2.19. The predicted octanol–water partition coefficient (Wildman–Crippen LogP) is 3.09. The number of amides is 1. The average Bonchev–Trinajstić information content (AvgIpc) is 3.07. The Morgan fingerprint density at radius 1 is 1.32 bits per heavy atom. The average molecular weight is 380 g/mol. The van der Waals surface area contributed by atoms with Crippen LogP contribution in [0.5, 0.6) is 0 Å². The van der Waals surface area contributed by atoms with E-state index in [0.717, 1.165) is 31.6 Å². The zero-order valence-corrected chi connectivity index (χ0v) is 16.7. The Bertz CT molecular complexity index is 890. The van der Waals surface area contributed by atoms with E-state index in [1.165, 1.54) is 18.4 Å². The first-order chi connectivity index (χ1) is 13.5. The predicted molar refractivity (Wildman–Crippen MR) is 106 cm³/mol. The van der Waals surface area contributed by atoms with E-state index >= 15 is 0 Å². The number of benzene rings is 1. The highest BCUT2D eigenvalue weighted by atomic mass is 16.5. The van der Waals surface area contributed by atoms with Crippen molar-refractivity contribution in [3.63, 3.8) is 0 Å². The molecule has 148 valence electrons. The maximum atomic E-state index is 12.8. The molecule has 0 unspecified atom stereocenters. The maximum Gasteiger partial charge on any atom is 0.232 e. The van der Waals surface area contributed by atoms with Gasteiger partial charge in [0, 0.05) is 37.0 Å². The fourth-order valence-corrected chi connectivity index (χ4v) is 5.00. The van der Waals surface area contributed by atoms with Gasteiger partial charge in [-0.15, -0.1) is 0 Å². The summed E-state index contributed by atoms with van der Waals surface area (Å²) in [6.45, 7) is 5.62. The molecule has 1 amide bonds. The summed E-state index contributed by atoms with van der Waals surface area (Å²) >= 11 is 0. The largest absolute Gasteiger partial charge is 0.341 e. The molecule has 28 heavy (non-hydrogen) atoms. The number of hydrogen-bond acceptors (Lipinski definition) is 5. The van der Waals surface area contributed by atoms with Crippen LogP contribution in [0.1, 0.15) is 43.1 Å². The Morgan fingerprint density at radius 2 is 2.18 bits per heavy atom. The zero-order chi connectivity index (χ0) is 19.3. The Hall–Kier alpha value is -2.21. The highest BCUT2D eigenvalue weighted by molar-refractivity contribution is 5.77. The minimum atomic E-state index is 0.0321. The highest BCUT2D eigenvalue weighted by Crippen LogP contribution is 2.49. The Labute approximate surface area is 165 Å². The van der Waals surface area contributed by atoms with Crippen LogP contribution in [0, 0.1) is 18.3 Å². The molecule has 5 rings (SSSR count). The molecule has 1 aliphatic carbocycles. The molecule has 6 heteroatoms. The van der Waals surface area contributed by atoms with Crippen LogP contribution in [0.4, 0.5) is 0 Å². The van der Waals surface area contributed by atoms with Gasteiger partial charge in [0.2, 0.25) is 17.6 Å². The summed E-state index contributed by atoms with van der Waals surface area (Å²) in [7, 11) is 2.16. The van der Waals surface area contributed by atoms with E-state index in [9.17, 15) is 4.79 Å². The summed E-state index contributed by atoms with van der Waals surface area (Å²) in [5.74, 6) is 2.37. The quantitative estimate of drug-likeness (QED) is 0.816. The highest BCUT2D eigenvalue weighted by Gasteiger charge is 2.53. The Balaban J connectivity index is 1.42. The Kier molecular flexibility index (Phi) is 4.27. The molecule has 2 aromatic rings. The third-order valence-corrected chi connectivity index (χ3v) is 6.75. The molecule has 3 fully saturated rings. The minimum absolute atomic E-state index is 0.0321. The lowest BCUT2D eigenvalue weighted by Crippen LogP contribution is -2.34. The van der Waals surface area contributed by atoms with Gasteiger partial charge >= 0.3 is 0 Å². The number of rotatable bonds is 4. The summed E-state index contributed by atoms with van der Waals surface area (Å²) in [6.07, 6.45) is 4.20. The van der Waals surface area contributed by atoms with Gasteiger partial charge in [-0.25, -0.2) is 0 Å². The molecule has 2 aliphatic heterocycles. The molecular weight excluding hydrogens is 352 g/mol. The van der Waals surface area contributed by atoms with Crippen molar-refractivity contribution < 1.29 is 9.32 Å². The number of carbonyl (C=O) groups is 1. The van der Waals surface area contributed by atoms with Crippen molar-refractivity contribution in [2.75, 3.05) is 33.2 Å². The number of hydrogen-bond donors (Lipinski definition) is 0. The molecule has 0 N–H and O–H groups in total. The first kappa shape index (κ1) is 17.9. The molecule has 3 aliphatic rings. The molecule has 6 nitrogen and oxygen atoms in total. The van der Waals surface area contributed by atoms with Gasteiger partial charge in [-0.2, -0.15) is 4.98 Å². The molecule has 1 aromatic heterocycles. The van der Waals surface area contributed by atoms with E-state index in [2.05, 4.69) is 41.1 Å². The lowest BCUT2D eigenvalue weighted by Gasteiger charge is -2.27. The first-order valence-corrected chi connectivity index (χ1v) is 10.4. The summed E-state index contributed by atoms with van der Waals surface area (Å²) in [4.78, 5) is 22.0. The van der Waals surface area contributed by atoms with Crippen molar-refractivity contribution in [2.45, 2.75) is 38.5 Å². The van der Waals surface area contributed by atoms with E-state index in [1.807, 2.05) is 12.1 Å². The van der Waals surface area contributed by atoms with Crippen LogP contribution in [0.3, 0.4) is 0 Å². The van der Waals surface area contributed by atoms with E-state index in [1.54, 1.807) is 0 Å². The van der Waals surface area contributed by atoms with Crippen molar-refractivity contribution in [2.24, 2.45) is 11.3 Å². The normalized spacial score (nSPS) is 27.8. The van der Waals surface area contributed by atoms with Crippen LogP contribution in [0.25, 0.3) is 11.4 Å². The minimum Gasteiger partial charge on any atom is -0.341 e. The van der Waals surface area contributed by atoms with E-state index in [-0.39, 0.29) is 11.3 Å². The molecule has 3 heterocycles. The van der Waals surface area contributed by atoms with Crippen molar-refractivity contribution in [3.05, 3.63) is 35.7 Å². The first-order valence-electron chi connectivity index (χ1n) is 10.4. The fraction of sp³-hybridized carbons (Fsp3) is 0.591. The van der Waals surface area contributed by atoms with Crippen LogP contribution in [0.2, 0.25) is 0 Å². The number of aromatic nitrogens is 2. The van der Waals surface area contributed by atoms with Crippen LogP contribution in [0.15, 0.2) is 28.8 Å².